The van der Waals surface area contributed by atoms with Crippen molar-refractivity contribution in [3.8, 4) is 11.1 Å². The Labute approximate surface area is 396 Å². The molecule has 1 N–H and O–H groups in total. The number of alkyl carbamates (subject to hydrolysis) is 1. The molecule has 0 unspecified atom stereocenters. The van der Waals surface area contributed by atoms with Crippen LogP contribution in [-0.4, -0.2) is 113 Å². The molecule has 4 amide bonds. The molecule has 14 nitrogen and oxygen atoms in total. The second-order valence-electron chi connectivity index (χ2n) is 20.1. The van der Waals surface area contributed by atoms with Crippen molar-refractivity contribution in [2.45, 2.75) is 141 Å². The standard InChI is InChI=1S/C53H70N4O10/c1-10-37(45-35-65-53(8,9)57(45)50(62)67-52(5,6)7)29-32-56(49(61)64-34-42-40-25-16-14-23-38(40)39-24-15-17-26-41(39)42)43(46(58)55-31-20-28-44(55)47(59)66-51(2,3)4)27-18-19-30-54-48(60)63-33-36-21-12-11-13-22-36/h10-17,21-26,37,42-45H,1,18-20,27-35H2,2-9H3,(H,54,60)/t37-,43+,44+,45-/m1/s1. The molecule has 0 bridgehead atoms. The smallest absolute Gasteiger partial charge is 0.412 e. The molecule has 2 fully saturated rings. The van der Waals surface area contributed by atoms with Crippen molar-refractivity contribution in [3.05, 3.63) is 108 Å². The van der Waals surface area contributed by atoms with Crippen molar-refractivity contribution in [2.24, 2.45) is 5.92 Å². The minimum atomic E-state index is -1.06. The van der Waals surface area contributed by atoms with Crippen LogP contribution in [-0.2, 0) is 39.9 Å². The van der Waals surface area contributed by atoms with Gasteiger partial charge in [0.1, 0.15) is 42.2 Å². The van der Waals surface area contributed by atoms with Crippen LogP contribution in [0.5, 0.6) is 0 Å². The highest BCUT2D eigenvalue weighted by atomic mass is 16.6. The predicted octanol–water partition coefficient (Wildman–Crippen LogP) is 9.60. The molecule has 3 aromatic rings. The van der Waals surface area contributed by atoms with Crippen LogP contribution in [0.25, 0.3) is 11.1 Å². The van der Waals surface area contributed by atoms with E-state index in [-0.39, 0.29) is 51.7 Å². The summed E-state index contributed by atoms with van der Waals surface area (Å²) in [5, 5.41) is 2.80. The Morgan fingerprint density at radius 2 is 1.48 bits per heavy atom. The summed E-state index contributed by atoms with van der Waals surface area (Å²) in [6.45, 7) is 19.5. The number of unbranched alkanes of at least 4 members (excludes halogenated alkanes) is 1. The monoisotopic (exact) mass is 923 g/mol. The normalized spacial score (nSPS) is 18.6. The quantitative estimate of drug-likeness (QED) is 0.0600. The number of fused-ring (bicyclic) bond motifs is 3. The van der Waals surface area contributed by atoms with E-state index >= 15 is 4.79 Å². The average Bonchev–Trinajstić information content (AvgIpc) is 3.98. The molecule has 0 spiro atoms. The number of rotatable bonds is 17. The van der Waals surface area contributed by atoms with Gasteiger partial charge in [-0.1, -0.05) is 84.9 Å². The first-order valence-electron chi connectivity index (χ1n) is 23.7. The predicted molar refractivity (Wildman–Crippen MR) is 255 cm³/mol. The fraction of sp³-hybridized carbons (Fsp3) is 0.528. The summed E-state index contributed by atoms with van der Waals surface area (Å²) >= 11 is 0. The van der Waals surface area contributed by atoms with Gasteiger partial charge in [-0.15, -0.1) is 6.58 Å². The van der Waals surface area contributed by atoms with Gasteiger partial charge in [0.05, 0.1) is 12.6 Å². The Balaban J connectivity index is 1.28. The van der Waals surface area contributed by atoms with E-state index in [0.717, 1.165) is 27.8 Å². The van der Waals surface area contributed by atoms with Crippen molar-refractivity contribution in [1.82, 2.24) is 20.0 Å². The molecule has 0 aromatic heterocycles. The minimum absolute atomic E-state index is 0.0193. The van der Waals surface area contributed by atoms with E-state index in [0.29, 0.717) is 32.2 Å². The van der Waals surface area contributed by atoms with Gasteiger partial charge in [0.15, 0.2) is 0 Å². The molecule has 3 aromatic carbocycles. The number of nitrogens with zero attached hydrogens (tertiary/aromatic N) is 3. The highest BCUT2D eigenvalue weighted by Crippen LogP contribution is 2.45. The summed E-state index contributed by atoms with van der Waals surface area (Å²) in [5.74, 6) is -1.54. The molecule has 0 saturated carbocycles. The second-order valence-corrected chi connectivity index (χ2v) is 20.1. The third-order valence-electron chi connectivity index (χ3n) is 12.4. The first-order chi connectivity index (χ1) is 31.8. The first-order valence-corrected chi connectivity index (χ1v) is 23.7. The number of ether oxygens (including phenoxy) is 5. The van der Waals surface area contributed by atoms with E-state index in [1.807, 2.05) is 80.6 Å². The Morgan fingerprint density at radius 1 is 0.851 bits per heavy atom. The van der Waals surface area contributed by atoms with Gasteiger partial charge >= 0.3 is 24.2 Å². The fourth-order valence-corrected chi connectivity index (χ4v) is 9.30. The topological polar surface area (TPSA) is 153 Å². The highest BCUT2D eigenvalue weighted by Gasteiger charge is 2.49. The van der Waals surface area contributed by atoms with E-state index < -0.39 is 71.1 Å². The summed E-state index contributed by atoms with van der Waals surface area (Å²) in [5.41, 5.74) is 2.57. The zero-order valence-electron chi connectivity index (χ0n) is 40.6. The van der Waals surface area contributed by atoms with E-state index in [1.54, 1.807) is 57.4 Å². The third kappa shape index (κ3) is 13.0. The van der Waals surface area contributed by atoms with Gasteiger partial charge in [-0.2, -0.15) is 0 Å². The molecule has 2 saturated heterocycles. The number of carbonyl (C=O) groups is 5. The summed E-state index contributed by atoms with van der Waals surface area (Å²) in [6.07, 6.45) is 2.34. The lowest BCUT2D eigenvalue weighted by atomic mass is 9.94. The molecule has 362 valence electrons. The van der Waals surface area contributed by atoms with Gasteiger partial charge in [0, 0.05) is 31.5 Å². The van der Waals surface area contributed by atoms with Crippen molar-refractivity contribution < 1.29 is 47.7 Å². The van der Waals surface area contributed by atoms with Crippen LogP contribution in [0, 0.1) is 5.92 Å². The van der Waals surface area contributed by atoms with Gasteiger partial charge in [-0.25, -0.2) is 19.2 Å². The van der Waals surface area contributed by atoms with Gasteiger partial charge in [-0.05, 0) is 122 Å². The third-order valence-corrected chi connectivity index (χ3v) is 12.4. The average molecular weight is 923 g/mol. The number of esters is 1. The van der Waals surface area contributed by atoms with Crippen LogP contribution in [0.3, 0.4) is 0 Å². The van der Waals surface area contributed by atoms with Crippen molar-refractivity contribution in [1.29, 1.82) is 0 Å². The molecule has 0 radical (unpaired) electrons. The number of amides is 4. The maximum Gasteiger partial charge on any atom is 0.412 e. The van der Waals surface area contributed by atoms with E-state index in [1.165, 1.54) is 4.90 Å². The zero-order valence-corrected chi connectivity index (χ0v) is 40.6. The van der Waals surface area contributed by atoms with Crippen molar-refractivity contribution in [3.63, 3.8) is 0 Å². The lowest BCUT2D eigenvalue weighted by molar-refractivity contribution is -0.164. The van der Waals surface area contributed by atoms with Crippen LogP contribution in [0.2, 0.25) is 0 Å². The summed E-state index contributed by atoms with van der Waals surface area (Å²) in [6, 6.07) is 23.1. The number of hydrogen-bond acceptors (Lipinski definition) is 10. The van der Waals surface area contributed by atoms with E-state index in [9.17, 15) is 19.2 Å². The molecule has 2 aliphatic heterocycles. The van der Waals surface area contributed by atoms with Gasteiger partial charge in [-0.3, -0.25) is 14.6 Å². The van der Waals surface area contributed by atoms with Crippen molar-refractivity contribution >= 4 is 30.2 Å². The molecule has 1 aliphatic carbocycles. The van der Waals surface area contributed by atoms with Gasteiger partial charge in [0.25, 0.3) is 0 Å². The van der Waals surface area contributed by atoms with Gasteiger partial charge < -0.3 is 33.9 Å². The number of hydrogen-bond donors (Lipinski definition) is 1. The lowest BCUT2D eigenvalue weighted by Crippen LogP contribution is -2.55. The highest BCUT2D eigenvalue weighted by molar-refractivity contribution is 5.90. The molecule has 6 rings (SSSR count). The zero-order chi connectivity index (χ0) is 48.5. The largest absolute Gasteiger partial charge is 0.458 e. The SMILES string of the molecule is C=C[C@H](CCN(C(=O)OCC1c2ccccc2-c2ccccc21)[C@@H](CCCCNC(=O)OCc1ccccc1)C(=O)N1CCC[C@H]1C(=O)OC(C)(C)C)[C@H]1COC(C)(C)N1C(=O)OC(C)(C)C. The minimum Gasteiger partial charge on any atom is -0.458 e. The summed E-state index contributed by atoms with van der Waals surface area (Å²) in [7, 11) is 0. The Kier molecular flexibility index (Phi) is 16.5. The van der Waals surface area contributed by atoms with Crippen LogP contribution in [0.15, 0.2) is 91.5 Å². The van der Waals surface area contributed by atoms with E-state index in [4.69, 9.17) is 23.7 Å². The Hall–Kier alpha value is -5.89. The number of likely N-dealkylation sites (tertiary alicyclic amines) is 1. The summed E-state index contributed by atoms with van der Waals surface area (Å²) in [4.78, 5) is 74.7. The Morgan fingerprint density at radius 3 is 2.10 bits per heavy atom. The van der Waals surface area contributed by atoms with Crippen LogP contribution < -0.4 is 5.32 Å². The number of carbonyl (C=O) groups excluding carboxylic acids is 5. The molecule has 3 aliphatic rings. The second kappa shape index (κ2) is 21.8. The summed E-state index contributed by atoms with van der Waals surface area (Å²) < 4.78 is 29.5. The molecule has 14 heteroatoms. The van der Waals surface area contributed by atoms with Crippen LogP contribution in [0.1, 0.15) is 117 Å². The Bertz CT molecular complexity index is 2170. The molecular weight excluding hydrogens is 853 g/mol. The molecule has 67 heavy (non-hydrogen) atoms. The van der Waals surface area contributed by atoms with Crippen LogP contribution >= 0.6 is 0 Å². The number of nitrogens with one attached hydrogen (secondary N) is 1. The maximum absolute atomic E-state index is 15.2. The molecular formula is C53H70N4O10. The van der Waals surface area contributed by atoms with Crippen LogP contribution in [0.4, 0.5) is 14.4 Å². The molecule has 4 atom stereocenters. The lowest BCUT2D eigenvalue weighted by Gasteiger charge is -2.38. The molecule has 2 heterocycles. The number of benzene rings is 3. The first kappa shape index (κ1) is 50.5. The fourth-order valence-electron chi connectivity index (χ4n) is 9.30. The van der Waals surface area contributed by atoms with Gasteiger partial charge in [0.2, 0.25) is 5.91 Å². The van der Waals surface area contributed by atoms with E-state index in [2.05, 4.69) is 24.0 Å². The maximum atomic E-state index is 15.2. The van der Waals surface area contributed by atoms with Crippen molar-refractivity contribution in [2.75, 3.05) is 32.8 Å².